The van der Waals surface area contributed by atoms with Gasteiger partial charge in [0.25, 0.3) is 0 Å². The van der Waals surface area contributed by atoms with Crippen LogP contribution in [0.5, 0.6) is 0 Å². The number of nitrogens with zero attached hydrogens (tertiary/aromatic N) is 2. The molecule has 2 aromatic rings. The van der Waals surface area contributed by atoms with E-state index in [1.54, 1.807) is 0 Å². The minimum Gasteiger partial charge on any atom is -0.305 e. The third-order valence-corrected chi connectivity index (χ3v) is 5.01. The van der Waals surface area contributed by atoms with Gasteiger partial charge in [-0.2, -0.15) is 5.10 Å². The zero-order valence-electron chi connectivity index (χ0n) is 12.0. The zero-order chi connectivity index (χ0) is 15.4. The lowest BCUT2D eigenvalue weighted by molar-refractivity contribution is 0.518. The molecule has 0 radical (unpaired) electrons. The minimum atomic E-state index is 0.0981. The van der Waals surface area contributed by atoms with Crippen LogP contribution in [-0.4, -0.2) is 16.3 Å². The maximum absolute atomic E-state index is 4.49. The van der Waals surface area contributed by atoms with Crippen LogP contribution in [0.15, 0.2) is 37.8 Å². The lowest BCUT2D eigenvalue weighted by Crippen LogP contribution is -2.25. The summed E-state index contributed by atoms with van der Waals surface area (Å²) in [6.45, 7) is 6.08. The quantitative estimate of drug-likeness (QED) is 0.611. The van der Waals surface area contributed by atoms with Crippen LogP contribution >= 0.6 is 47.8 Å². The maximum Gasteiger partial charge on any atom is 0.0770 e. The Kier molecular flexibility index (Phi) is 6.47. The summed E-state index contributed by atoms with van der Waals surface area (Å²) < 4.78 is 5.26. The van der Waals surface area contributed by atoms with E-state index in [2.05, 4.69) is 94.9 Å². The molecule has 6 heteroatoms. The van der Waals surface area contributed by atoms with Crippen molar-refractivity contribution in [2.24, 2.45) is 0 Å². The zero-order valence-corrected chi connectivity index (χ0v) is 16.8. The van der Waals surface area contributed by atoms with Crippen molar-refractivity contribution in [1.29, 1.82) is 0 Å². The molecular formula is C15H18Br3N3. The topological polar surface area (TPSA) is 29.9 Å². The molecule has 3 nitrogen and oxygen atoms in total. The molecule has 0 amide bonds. The van der Waals surface area contributed by atoms with E-state index in [1.165, 1.54) is 11.3 Å². The molecule has 0 bridgehead atoms. The lowest BCUT2D eigenvalue weighted by atomic mass is 10.0. The van der Waals surface area contributed by atoms with Crippen molar-refractivity contribution < 1.29 is 0 Å². The van der Waals surface area contributed by atoms with E-state index < -0.39 is 0 Å². The van der Waals surface area contributed by atoms with E-state index in [4.69, 9.17) is 0 Å². The molecule has 0 aliphatic rings. The highest BCUT2D eigenvalue weighted by atomic mass is 79.9. The van der Waals surface area contributed by atoms with Crippen LogP contribution in [0.1, 0.15) is 37.6 Å². The van der Waals surface area contributed by atoms with Gasteiger partial charge in [0.15, 0.2) is 0 Å². The van der Waals surface area contributed by atoms with Crippen molar-refractivity contribution in [3.05, 3.63) is 49.1 Å². The number of hydrogen-bond donors (Lipinski definition) is 1. The SMILES string of the molecule is CCCn1ncc(Br)c1C(NCC)c1ccc(Br)cc1Br. The second-order valence-electron chi connectivity index (χ2n) is 4.76. The highest BCUT2D eigenvalue weighted by molar-refractivity contribution is 9.11. The lowest BCUT2D eigenvalue weighted by Gasteiger charge is -2.22. The van der Waals surface area contributed by atoms with Gasteiger partial charge in [-0.3, -0.25) is 4.68 Å². The summed E-state index contributed by atoms with van der Waals surface area (Å²) in [5.74, 6) is 0. The van der Waals surface area contributed by atoms with Gasteiger partial charge in [0.2, 0.25) is 0 Å². The summed E-state index contributed by atoms with van der Waals surface area (Å²) in [6, 6.07) is 6.38. The average Bonchev–Trinajstić information content (AvgIpc) is 2.79. The number of halogens is 3. The van der Waals surface area contributed by atoms with Gasteiger partial charge in [0.05, 0.1) is 22.4 Å². The molecule has 0 saturated heterocycles. The smallest absolute Gasteiger partial charge is 0.0770 e. The predicted molar refractivity (Wildman–Crippen MR) is 97.6 cm³/mol. The standard InChI is InChI=1S/C15H18Br3N3/c1-3-7-21-15(13(18)9-20-21)14(19-4-2)11-6-5-10(16)8-12(11)17/h5-6,8-9,14,19H,3-4,7H2,1-2H3. The van der Waals surface area contributed by atoms with E-state index in [-0.39, 0.29) is 6.04 Å². The van der Waals surface area contributed by atoms with Crippen LogP contribution in [-0.2, 0) is 6.54 Å². The third kappa shape index (κ3) is 3.97. The monoisotopic (exact) mass is 477 g/mol. The van der Waals surface area contributed by atoms with Crippen molar-refractivity contribution in [3.8, 4) is 0 Å². The largest absolute Gasteiger partial charge is 0.305 e. The molecule has 1 N–H and O–H groups in total. The van der Waals surface area contributed by atoms with Gasteiger partial charge in [-0.05, 0) is 46.6 Å². The Morgan fingerprint density at radius 1 is 1.19 bits per heavy atom. The Morgan fingerprint density at radius 2 is 1.95 bits per heavy atom. The number of rotatable bonds is 6. The van der Waals surface area contributed by atoms with Crippen LogP contribution in [0.25, 0.3) is 0 Å². The fourth-order valence-electron chi connectivity index (χ4n) is 2.34. The molecule has 1 unspecified atom stereocenters. The van der Waals surface area contributed by atoms with E-state index in [0.717, 1.165) is 32.9 Å². The summed E-state index contributed by atoms with van der Waals surface area (Å²) in [5, 5.41) is 8.05. The second-order valence-corrected chi connectivity index (χ2v) is 7.38. The number of benzene rings is 1. The molecule has 0 saturated carbocycles. The molecule has 114 valence electrons. The van der Waals surface area contributed by atoms with E-state index in [1.807, 2.05) is 6.20 Å². The molecule has 1 heterocycles. The van der Waals surface area contributed by atoms with Gasteiger partial charge in [0.1, 0.15) is 0 Å². The van der Waals surface area contributed by atoms with Gasteiger partial charge in [-0.1, -0.05) is 51.8 Å². The van der Waals surface area contributed by atoms with Crippen molar-refractivity contribution in [2.45, 2.75) is 32.9 Å². The number of aromatic nitrogens is 2. The van der Waals surface area contributed by atoms with Crippen LogP contribution in [0.4, 0.5) is 0 Å². The Labute approximate surface area is 150 Å². The fourth-order valence-corrected chi connectivity index (χ4v) is 4.14. The molecule has 1 atom stereocenters. The summed E-state index contributed by atoms with van der Waals surface area (Å²) in [5.41, 5.74) is 2.38. The molecule has 0 spiro atoms. The first kappa shape index (κ1) is 17.2. The molecule has 2 rings (SSSR count). The Hall–Kier alpha value is -0.170. The summed E-state index contributed by atoms with van der Waals surface area (Å²) in [4.78, 5) is 0. The number of hydrogen-bond acceptors (Lipinski definition) is 2. The summed E-state index contributed by atoms with van der Waals surface area (Å²) in [6.07, 6.45) is 2.93. The average molecular weight is 480 g/mol. The van der Waals surface area contributed by atoms with E-state index >= 15 is 0 Å². The second kappa shape index (κ2) is 7.90. The molecule has 1 aromatic carbocycles. The molecular weight excluding hydrogens is 462 g/mol. The van der Waals surface area contributed by atoms with Crippen molar-refractivity contribution in [2.75, 3.05) is 6.54 Å². The Morgan fingerprint density at radius 3 is 2.57 bits per heavy atom. The third-order valence-electron chi connectivity index (χ3n) is 3.22. The van der Waals surface area contributed by atoms with Crippen molar-refractivity contribution in [1.82, 2.24) is 15.1 Å². The van der Waals surface area contributed by atoms with Gasteiger partial charge < -0.3 is 5.32 Å². The first-order valence-corrected chi connectivity index (χ1v) is 9.35. The molecule has 0 fully saturated rings. The molecule has 21 heavy (non-hydrogen) atoms. The number of aryl methyl sites for hydroxylation is 1. The minimum absolute atomic E-state index is 0.0981. The van der Waals surface area contributed by atoms with Crippen LogP contribution in [0, 0.1) is 0 Å². The number of nitrogens with one attached hydrogen (secondary N) is 1. The maximum atomic E-state index is 4.49. The fraction of sp³-hybridized carbons (Fsp3) is 0.400. The van der Waals surface area contributed by atoms with Gasteiger partial charge >= 0.3 is 0 Å². The van der Waals surface area contributed by atoms with Crippen molar-refractivity contribution in [3.63, 3.8) is 0 Å². The van der Waals surface area contributed by atoms with Crippen molar-refractivity contribution >= 4 is 47.8 Å². The van der Waals surface area contributed by atoms with Gasteiger partial charge in [0, 0.05) is 15.5 Å². The Balaban J connectivity index is 2.50. The summed E-state index contributed by atoms with van der Waals surface area (Å²) >= 11 is 10.8. The van der Waals surface area contributed by atoms with Crippen LogP contribution in [0.3, 0.4) is 0 Å². The first-order chi connectivity index (χ1) is 10.1. The highest BCUT2D eigenvalue weighted by Gasteiger charge is 2.23. The molecule has 0 aliphatic heterocycles. The molecule has 1 aromatic heterocycles. The Bertz CT molecular complexity index is 610. The summed E-state index contributed by atoms with van der Waals surface area (Å²) in [7, 11) is 0. The highest BCUT2D eigenvalue weighted by Crippen LogP contribution is 2.34. The van der Waals surface area contributed by atoms with Gasteiger partial charge in [-0.15, -0.1) is 0 Å². The van der Waals surface area contributed by atoms with Crippen LogP contribution < -0.4 is 5.32 Å². The normalized spacial score (nSPS) is 12.6. The van der Waals surface area contributed by atoms with E-state index in [0.29, 0.717) is 0 Å². The van der Waals surface area contributed by atoms with Gasteiger partial charge in [-0.25, -0.2) is 0 Å². The van der Waals surface area contributed by atoms with Crippen LogP contribution in [0.2, 0.25) is 0 Å². The first-order valence-electron chi connectivity index (χ1n) is 6.98. The van der Waals surface area contributed by atoms with E-state index in [9.17, 15) is 0 Å². The predicted octanol–water partition coefficient (Wildman–Crippen LogP) is 5.28. The molecule has 0 aliphatic carbocycles.